The van der Waals surface area contributed by atoms with Gasteiger partial charge in [0.05, 0.1) is 17.7 Å². The summed E-state index contributed by atoms with van der Waals surface area (Å²) in [5.74, 6) is 0. The van der Waals surface area contributed by atoms with Crippen LogP contribution in [0.1, 0.15) is 44.4 Å². The van der Waals surface area contributed by atoms with Crippen molar-refractivity contribution in [3.05, 3.63) is 35.4 Å². The maximum Gasteiger partial charge on any atom is 0.407 e. The molecule has 120 valence electrons. The molecule has 3 N–H and O–H groups in total. The number of alkyl carbamates (subject to hydrolysis) is 1. The molecule has 0 aliphatic rings. The van der Waals surface area contributed by atoms with E-state index in [2.05, 4.69) is 5.32 Å². The van der Waals surface area contributed by atoms with E-state index in [9.17, 15) is 15.0 Å². The van der Waals surface area contributed by atoms with Crippen LogP contribution < -0.4 is 5.32 Å². The van der Waals surface area contributed by atoms with Crippen molar-refractivity contribution in [2.75, 3.05) is 6.54 Å². The van der Waals surface area contributed by atoms with Crippen LogP contribution in [0, 0.1) is 11.3 Å². The van der Waals surface area contributed by atoms with Gasteiger partial charge in [-0.15, -0.1) is 0 Å². The van der Waals surface area contributed by atoms with Gasteiger partial charge in [0.1, 0.15) is 11.7 Å². The molecule has 0 aliphatic carbocycles. The van der Waals surface area contributed by atoms with E-state index in [0.717, 1.165) is 0 Å². The normalized spacial score (nSPS) is 13.8. The molecule has 6 heteroatoms. The highest BCUT2D eigenvalue weighted by atomic mass is 16.6. The first kappa shape index (κ1) is 18.0. The number of hydrogen-bond acceptors (Lipinski definition) is 5. The molecule has 0 radical (unpaired) electrons. The van der Waals surface area contributed by atoms with Crippen molar-refractivity contribution in [2.24, 2.45) is 0 Å². The molecule has 0 aromatic heterocycles. The number of carbonyl (C=O) groups is 1. The zero-order chi connectivity index (χ0) is 16.8. The van der Waals surface area contributed by atoms with Gasteiger partial charge in [-0.3, -0.25) is 0 Å². The van der Waals surface area contributed by atoms with Crippen LogP contribution in [-0.2, 0) is 4.74 Å². The minimum atomic E-state index is -1.08. The van der Waals surface area contributed by atoms with E-state index in [1.807, 2.05) is 6.07 Å². The fourth-order valence-electron chi connectivity index (χ4n) is 1.77. The molecule has 1 aromatic carbocycles. The van der Waals surface area contributed by atoms with E-state index in [1.165, 1.54) is 0 Å². The highest BCUT2D eigenvalue weighted by Gasteiger charge is 2.19. The summed E-state index contributed by atoms with van der Waals surface area (Å²) in [6.07, 6.45) is -2.48. The standard InChI is InChI=1S/C16H22N2O4/c1-16(2,3)22-15(21)18-9-8-13(19)14(20)12-6-4-11(10-17)5-7-12/h4-7,13-14,19-20H,8-9H2,1-3H3,(H,18,21). The molecule has 1 rings (SSSR count). The largest absolute Gasteiger partial charge is 0.444 e. The first-order valence-corrected chi connectivity index (χ1v) is 7.06. The van der Waals surface area contributed by atoms with Gasteiger partial charge in [0, 0.05) is 6.54 Å². The van der Waals surface area contributed by atoms with E-state index >= 15 is 0 Å². The lowest BCUT2D eigenvalue weighted by Crippen LogP contribution is -2.34. The van der Waals surface area contributed by atoms with Crippen molar-refractivity contribution in [3.8, 4) is 6.07 Å². The van der Waals surface area contributed by atoms with E-state index in [1.54, 1.807) is 45.0 Å². The summed E-state index contributed by atoms with van der Waals surface area (Å²) in [5, 5.41) is 31.2. The number of benzene rings is 1. The van der Waals surface area contributed by atoms with Crippen LogP contribution in [0.4, 0.5) is 4.79 Å². The van der Waals surface area contributed by atoms with Crippen molar-refractivity contribution in [1.82, 2.24) is 5.32 Å². The van der Waals surface area contributed by atoms with Crippen molar-refractivity contribution in [3.63, 3.8) is 0 Å². The molecule has 0 saturated carbocycles. The smallest absolute Gasteiger partial charge is 0.407 e. The highest BCUT2D eigenvalue weighted by molar-refractivity contribution is 5.67. The predicted molar refractivity (Wildman–Crippen MR) is 81.0 cm³/mol. The van der Waals surface area contributed by atoms with Gasteiger partial charge in [-0.2, -0.15) is 5.26 Å². The van der Waals surface area contributed by atoms with E-state index < -0.39 is 23.9 Å². The van der Waals surface area contributed by atoms with Crippen molar-refractivity contribution in [1.29, 1.82) is 5.26 Å². The molecule has 0 aliphatic heterocycles. The third kappa shape index (κ3) is 6.12. The Labute approximate surface area is 130 Å². The van der Waals surface area contributed by atoms with Crippen LogP contribution >= 0.6 is 0 Å². The monoisotopic (exact) mass is 306 g/mol. The molecule has 0 spiro atoms. The van der Waals surface area contributed by atoms with Gasteiger partial charge >= 0.3 is 6.09 Å². The second-order valence-corrected chi connectivity index (χ2v) is 5.96. The average Bonchev–Trinajstić information content (AvgIpc) is 2.44. The SMILES string of the molecule is CC(C)(C)OC(=O)NCCC(O)C(O)c1ccc(C#N)cc1. The Morgan fingerprint density at radius 1 is 1.32 bits per heavy atom. The molecule has 2 atom stereocenters. The fourth-order valence-corrected chi connectivity index (χ4v) is 1.77. The van der Waals surface area contributed by atoms with E-state index in [0.29, 0.717) is 11.1 Å². The highest BCUT2D eigenvalue weighted by Crippen LogP contribution is 2.19. The Morgan fingerprint density at radius 2 is 1.91 bits per heavy atom. The lowest BCUT2D eigenvalue weighted by Gasteiger charge is -2.21. The van der Waals surface area contributed by atoms with Crippen LogP contribution in [0.5, 0.6) is 0 Å². The molecule has 0 bridgehead atoms. The first-order chi connectivity index (χ1) is 10.2. The number of aliphatic hydroxyl groups is 2. The average molecular weight is 306 g/mol. The zero-order valence-corrected chi connectivity index (χ0v) is 13.0. The minimum absolute atomic E-state index is 0.181. The number of nitrogens with one attached hydrogen (secondary N) is 1. The number of nitrogens with zero attached hydrogens (tertiary/aromatic N) is 1. The van der Waals surface area contributed by atoms with Gasteiger partial charge in [0.25, 0.3) is 0 Å². The number of hydrogen-bond donors (Lipinski definition) is 3. The van der Waals surface area contributed by atoms with Gasteiger partial charge in [-0.25, -0.2) is 4.79 Å². The number of rotatable bonds is 5. The van der Waals surface area contributed by atoms with E-state index in [4.69, 9.17) is 10.00 Å². The molecular weight excluding hydrogens is 284 g/mol. The molecule has 0 heterocycles. The maximum absolute atomic E-state index is 11.4. The number of carbonyl (C=O) groups excluding carboxylic acids is 1. The summed E-state index contributed by atoms with van der Waals surface area (Å²) < 4.78 is 5.07. The second kappa shape index (κ2) is 7.78. The fraction of sp³-hybridized carbons (Fsp3) is 0.500. The van der Waals surface area contributed by atoms with Gasteiger partial charge in [0.15, 0.2) is 0 Å². The van der Waals surface area contributed by atoms with Gasteiger partial charge < -0.3 is 20.3 Å². The molecular formula is C16H22N2O4. The van der Waals surface area contributed by atoms with Crippen molar-refractivity contribution < 1.29 is 19.7 Å². The number of amides is 1. The third-order valence-corrected chi connectivity index (χ3v) is 2.85. The van der Waals surface area contributed by atoms with Crippen LogP contribution in [-0.4, -0.2) is 34.6 Å². The number of ether oxygens (including phenoxy) is 1. The third-order valence-electron chi connectivity index (χ3n) is 2.85. The first-order valence-electron chi connectivity index (χ1n) is 7.06. The second-order valence-electron chi connectivity index (χ2n) is 5.96. The van der Waals surface area contributed by atoms with Crippen LogP contribution in [0.15, 0.2) is 24.3 Å². The van der Waals surface area contributed by atoms with Crippen LogP contribution in [0.25, 0.3) is 0 Å². The number of aliphatic hydroxyl groups excluding tert-OH is 2. The van der Waals surface area contributed by atoms with Gasteiger partial charge in [0.2, 0.25) is 0 Å². The predicted octanol–water partition coefficient (Wildman–Crippen LogP) is 1.87. The summed E-state index contributed by atoms with van der Waals surface area (Å²) in [6.45, 7) is 5.46. The Bertz CT molecular complexity index is 529. The summed E-state index contributed by atoms with van der Waals surface area (Å²) in [4.78, 5) is 11.4. The summed E-state index contributed by atoms with van der Waals surface area (Å²) >= 11 is 0. The summed E-state index contributed by atoms with van der Waals surface area (Å²) in [5.41, 5.74) is 0.422. The molecule has 2 unspecified atom stereocenters. The Hall–Kier alpha value is -2.10. The molecule has 1 aromatic rings. The van der Waals surface area contributed by atoms with Crippen molar-refractivity contribution >= 4 is 6.09 Å². The Balaban J connectivity index is 2.42. The van der Waals surface area contributed by atoms with Crippen molar-refractivity contribution in [2.45, 2.75) is 45.0 Å². The van der Waals surface area contributed by atoms with Gasteiger partial charge in [-0.1, -0.05) is 12.1 Å². The quantitative estimate of drug-likeness (QED) is 0.770. The molecule has 6 nitrogen and oxygen atoms in total. The summed E-state index contributed by atoms with van der Waals surface area (Å²) in [7, 11) is 0. The Morgan fingerprint density at radius 3 is 2.41 bits per heavy atom. The van der Waals surface area contributed by atoms with Gasteiger partial charge in [-0.05, 0) is 44.9 Å². The van der Waals surface area contributed by atoms with E-state index in [-0.39, 0.29) is 13.0 Å². The lowest BCUT2D eigenvalue weighted by atomic mass is 10.0. The number of nitriles is 1. The molecule has 1 amide bonds. The minimum Gasteiger partial charge on any atom is -0.444 e. The molecule has 22 heavy (non-hydrogen) atoms. The topological polar surface area (TPSA) is 103 Å². The maximum atomic E-state index is 11.4. The Kier molecular flexibility index (Phi) is 6.35. The van der Waals surface area contributed by atoms with Crippen LogP contribution in [0.2, 0.25) is 0 Å². The lowest BCUT2D eigenvalue weighted by molar-refractivity contribution is 0.0123. The molecule has 0 fully saturated rings. The zero-order valence-electron chi connectivity index (χ0n) is 13.0. The van der Waals surface area contributed by atoms with Crippen LogP contribution in [0.3, 0.4) is 0 Å². The molecule has 0 saturated heterocycles. The summed E-state index contributed by atoms with van der Waals surface area (Å²) in [6, 6.07) is 8.31.